The fourth-order valence-electron chi connectivity index (χ4n) is 3.56. The first-order chi connectivity index (χ1) is 15.5. The minimum Gasteiger partial charge on any atom is -0.357 e. The first-order valence-corrected chi connectivity index (χ1v) is 12.2. The molecule has 2 aromatic carbocycles. The monoisotopic (exact) mass is 474 g/mol. The van der Waals surface area contributed by atoms with Crippen LogP contribution in [0.25, 0.3) is 0 Å². The molecule has 0 fully saturated rings. The summed E-state index contributed by atoms with van der Waals surface area (Å²) in [6.07, 6.45) is 0.391. The van der Waals surface area contributed by atoms with Crippen LogP contribution in [-0.4, -0.2) is 63.2 Å². The highest BCUT2D eigenvalue weighted by atomic mass is 32.2. The van der Waals surface area contributed by atoms with Crippen LogP contribution in [0.5, 0.6) is 0 Å². The second kappa shape index (κ2) is 11.3. The van der Waals surface area contributed by atoms with Gasteiger partial charge in [-0.05, 0) is 43.0 Å². The average Bonchev–Trinajstić information content (AvgIpc) is 2.79. The number of likely N-dealkylation sites (N-methyl/N-ethyl adjacent to an activating group) is 1. The van der Waals surface area contributed by atoms with Gasteiger partial charge in [-0.25, -0.2) is 4.31 Å². The van der Waals surface area contributed by atoms with Crippen molar-refractivity contribution in [1.82, 2.24) is 14.5 Å². The number of carbonyl (C=O) groups is 2. The standard InChI is InChI=1S/C24H34N4O4S/c1-7-21(24(30)25-4)27(16-20-11-9-8-10-12-20)23(29)17-28(33(31,32)26(5)6)22-15-18(2)13-14-19(22)3/h8-15,21H,7,16-17H2,1-6H3,(H,25,30)/t21-/m1/s1. The summed E-state index contributed by atoms with van der Waals surface area (Å²) >= 11 is 0. The molecular formula is C24H34N4O4S. The van der Waals surface area contributed by atoms with Gasteiger partial charge in [-0.1, -0.05) is 49.4 Å². The molecule has 0 heterocycles. The van der Waals surface area contributed by atoms with Gasteiger partial charge in [0, 0.05) is 27.7 Å². The Hall–Kier alpha value is -2.91. The molecule has 2 rings (SSSR count). The van der Waals surface area contributed by atoms with Gasteiger partial charge in [0.1, 0.15) is 12.6 Å². The average molecular weight is 475 g/mol. The Balaban J connectivity index is 2.53. The molecule has 9 heteroatoms. The number of benzene rings is 2. The molecular weight excluding hydrogens is 440 g/mol. The Bertz CT molecular complexity index is 1070. The smallest absolute Gasteiger partial charge is 0.304 e. The molecule has 2 aromatic rings. The Morgan fingerprint density at radius 2 is 1.67 bits per heavy atom. The van der Waals surface area contributed by atoms with Crippen molar-refractivity contribution >= 4 is 27.7 Å². The number of nitrogens with zero attached hydrogens (tertiary/aromatic N) is 3. The van der Waals surface area contributed by atoms with Crippen molar-refractivity contribution in [1.29, 1.82) is 0 Å². The molecule has 0 aliphatic heterocycles. The molecule has 0 aromatic heterocycles. The predicted molar refractivity (Wildman–Crippen MR) is 131 cm³/mol. The highest BCUT2D eigenvalue weighted by Gasteiger charge is 2.34. The van der Waals surface area contributed by atoms with E-state index in [1.165, 1.54) is 26.0 Å². The van der Waals surface area contributed by atoms with Gasteiger partial charge in [-0.2, -0.15) is 12.7 Å². The summed E-state index contributed by atoms with van der Waals surface area (Å²) in [6, 6.07) is 14.1. The summed E-state index contributed by atoms with van der Waals surface area (Å²) in [5, 5.41) is 2.61. The minimum atomic E-state index is -3.97. The summed E-state index contributed by atoms with van der Waals surface area (Å²) in [5.74, 6) is -0.754. The van der Waals surface area contributed by atoms with Crippen molar-refractivity contribution < 1.29 is 18.0 Å². The Morgan fingerprint density at radius 3 is 2.21 bits per heavy atom. The van der Waals surface area contributed by atoms with Crippen LogP contribution in [0.3, 0.4) is 0 Å². The molecule has 0 radical (unpaired) electrons. The number of rotatable bonds is 10. The maximum Gasteiger partial charge on any atom is 0.304 e. The normalized spacial score (nSPS) is 12.3. The summed E-state index contributed by atoms with van der Waals surface area (Å²) in [6.45, 7) is 5.26. The van der Waals surface area contributed by atoms with Crippen LogP contribution in [0.15, 0.2) is 48.5 Å². The second-order valence-electron chi connectivity index (χ2n) is 8.13. The quantitative estimate of drug-likeness (QED) is 0.573. The Morgan fingerprint density at radius 1 is 1.03 bits per heavy atom. The molecule has 33 heavy (non-hydrogen) atoms. The van der Waals surface area contributed by atoms with Gasteiger partial charge >= 0.3 is 10.2 Å². The highest BCUT2D eigenvalue weighted by molar-refractivity contribution is 7.90. The molecule has 0 saturated heterocycles. The van der Waals surface area contributed by atoms with Gasteiger partial charge in [0.2, 0.25) is 11.8 Å². The lowest BCUT2D eigenvalue weighted by molar-refractivity contribution is -0.140. The van der Waals surface area contributed by atoms with E-state index in [0.717, 1.165) is 25.3 Å². The summed E-state index contributed by atoms with van der Waals surface area (Å²) < 4.78 is 28.7. The highest BCUT2D eigenvalue weighted by Crippen LogP contribution is 2.26. The maximum atomic E-state index is 13.6. The Labute approximate surface area is 197 Å². The zero-order valence-corrected chi connectivity index (χ0v) is 21.0. The molecule has 180 valence electrons. The van der Waals surface area contributed by atoms with Gasteiger partial charge in [-0.15, -0.1) is 0 Å². The van der Waals surface area contributed by atoms with Gasteiger partial charge in [0.05, 0.1) is 5.69 Å². The lowest BCUT2D eigenvalue weighted by atomic mass is 10.1. The van der Waals surface area contributed by atoms with Crippen LogP contribution in [0.4, 0.5) is 5.69 Å². The third kappa shape index (κ3) is 6.33. The van der Waals surface area contributed by atoms with E-state index in [-0.39, 0.29) is 12.5 Å². The molecule has 8 nitrogen and oxygen atoms in total. The van der Waals surface area contributed by atoms with Crippen LogP contribution in [-0.2, 0) is 26.3 Å². The van der Waals surface area contributed by atoms with E-state index >= 15 is 0 Å². The zero-order chi connectivity index (χ0) is 24.8. The van der Waals surface area contributed by atoms with Gasteiger partial charge in [0.25, 0.3) is 0 Å². The van der Waals surface area contributed by atoms with Gasteiger partial charge in [-0.3, -0.25) is 9.59 Å². The van der Waals surface area contributed by atoms with Crippen LogP contribution in [0.1, 0.15) is 30.0 Å². The third-order valence-electron chi connectivity index (χ3n) is 5.48. The minimum absolute atomic E-state index is 0.189. The largest absolute Gasteiger partial charge is 0.357 e. The first kappa shape index (κ1) is 26.3. The summed E-state index contributed by atoms with van der Waals surface area (Å²) in [4.78, 5) is 27.7. The predicted octanol–water partition coefficient (Wildman–Crippen LogP) is 2.47. The van der Waals surface area contributed by atoms with E-state index in [1.54, 1.807) is 13.0 Å². The van der Waals surface area contributed by atoms with E-state index < -0.39 is 28.7 Å². The topological polar surface area (TPSA) is 90.0 Å². The van der Waals surface area contributed by atoms with Crippen LogP contribution in [0.2, 0.25) is 0 Å². The number of hydrogen-bond acceptors (Lipinski definition) is 4. The van der Waals surface area contributed by atoms with Crippen molar-refractivity contribution in [3.63, 3.8) is 0 Å². The van der Waals surface area contributed by atoms with E-state index in [2.05, 4.69) is 5.32 Å². The fourth-order valence-corrected chi connectivity index (χ4v) is 4.67. The van der Waals surface area contributed by atoms with E-state index in [0.29, 0.717) is 12.1 Å². The van der Waals surface area contributed by atoms with Crippen molar-refractivity contribution in [2.75, 3.05) is 32.0 Å². The second-order valence-corrected chi connectivity index (χ2v) is 10.2. The molecule has 0 spiro atoms. The van der Waals surface area contributed by atoms with Crippen LogP contribution in [0, 0.1) is 13.8 Å². The number of anilines is 1. The van der Waals surface area contributed by atoms with E-state index in [1.807, 2.05) is 56.3 Å². The number of hydrogen-bond donors (Lipinski definition) is 1. The molecule has 0 aliphatic carbocycles. The molecule has 1 atom stereocenters. The van der Waals surface area contributed by atoms with E-state index in [9.17, 15) is 18.0 Å². The zero-order valence-electron chi connectivity index (χ0n) is 20.2. The molecule has 0 aliphatic rings. The lowest BCUT2D eigenvalue weighted by Gasteiger charge is -2.34. The third-order valence-corrected chi connectivity index (χ3v) is 7.29. The van der Waals surface area contributed by atoms with Crippen molar-refractivity contribution in [2.24, 2.45) is 0 Å². The van der Waals surface area contributed by atoms with Crippen molar-refractivity contribution in [3.05, 3.63) is 65.2 Å². The lowest BCUT2D eigenvalue weighted by Crippen LogP contribution is -2.53. The fraction of sp³-hybridized carbons (Fsp3) is 0.417. The number of nitrogens with one attached hydrogen (secondary N) is 1. The Kier molecular flexibility index (Phi) is 9.01. The number of aryl methyl sites for hydroxylation is 2. The van der Waals surface area contributed by atoms with Crippen molar-refractivity contribution in [3.8, 4) is 0 Å². The first-order valence-electron chi connectivity index (χ1n) is 10.8. The molecule has 0 saturated carbocycles. The van der Waals surface area contributed by atoms with Crippen LogP contribution < -0.4 is 9.62 Å². The molecule has 1 N–H and O–H groups in total. The SMILES string of the molecule is CC[C@H](C(=O)NC)N(Cc1ccccc1)C(=O)CN(c1cc(C)ccc1C)S(=O)(=O)N(C)C. The van der Waals surface area contributed by atoms with Crippen molar-refractivity contribution in [2.45, 2.75) is 39.8 Å². The van der Waals surface area contributed by atoms with Crippen LogP contribution >= 0.6 is 0 Å². The molecule has 2 amide bonds. The molecule has 0 bridgehead atoms. The summed E-state index contributed by atoms with van der Waals surface area (Å²) in [7, 11) is 0.410. The summed E-state index contributed by atoms with van der Waals surface area (Å²) in [5.41, 5.74) is 2.89. The maximum absolute atomic E-state index is 13.6. The molecule has 0 unspecified atom stereocenters. The number of amides is 2. The van der Waals surface area contributed by atoms with Gasteiger partial charge in [0.15, 0.2) is 0 Å². The van der Waals surface area contributed by atoms with E-state index in [4.69, 9.17) is 0 Å². The van der Waals surface area contributed by atoms with Gasteiger partial charge < -0.3 is 10.2 Å². The number of carbonyl (C=O) groups excluding carboxylic acids is 2.